The van der Waals surface area contributed by atoms with Crippen LogP contribution in [0, 0.1) is 6.92 Å². The van der Waals surface area contributed by atoms with Crippen LogP contribution >= 0.6 is 11.6 Å². The van der Waals surface area contributed by atoms with Crippen LogP contribution in [0.3, 0.4) is 0 Å². The van der Waals surface area contributed by atoms with E-state index in [0.29, 0.717) is 0 Å². The number of nitrogens with zero attached hydrogens (tertiary/aromatic N) is 4. The molecular weight excluding hydrogens is 320 g/mol. The number of hydrogen-bond acceptors (Lipinski definition) is 3. The number of piperazine rings is 1. The summed E-state index contributed by atoms with van der Waals surface area (Å²) in [6, 6.07) is 12.2. The molecule has 1 saturated heterocycles. The van der Waals surface area contributed by atoms with Gasteiger partial charge in [-0.25, -0.2) is 4.98 Å². The molecule has 1 aromatic carbocycles. The zero-order valence-electron chi connectivity index (χ0n) is 13.8. The van der Waals surface area contributed by atoms with E-state index in [4.69, 9.17) is 16.6 Å². The lowest BCUT2D eigenvalue weighted by atomic mass is 10.1. The van der Waals surface area contributed by atoms with Crippen molar-refractivity contribution in [3.8, 4) is 0 Å². The molecular formula is C19H21ClN4. The van der Waals surface area contributed by atoms with Crippen LogP contribution in [0.1, 0.15) is 11.3 Å². The minimum absolute atomic E-state index is 0.808. The van der Waals surface area contributed by atoms with Gasteiger partial charge in [0.25, 0.3) is 0 Å². The number of aryl methyl sites for hydroxylation is 1. The summed E-state index contributed by atoms with van der Waals surface area (Å²) < 4.78 is 2.08. The summed E-state index contributed by atoms with van der Waals surface area (Å²) >= 11 is 6.16. The molecule has 3 heterocycles. The van der Waals surface area contributed by atoms with Gasteiger partial charge < -0.3 is 9.30 Å². The molecule has 1 aliphatic heterocycles. The van der Waals surface area contributed by atoms with E-state index in [1.165, 1.54) is 11.3 Å². The largest absolute Gasteiger partial charge is 0.369 e. The van der Waals surface area contributed by atoms with Crippen molar-refractivity contribution >= 4 is 22.9 Å². The molecule has 5 heteroatoms. The summed E-state index contributed by atoms with van der Waals surface area (Å²) in [5.74, 6) is 0. The lowest BCUT2D eigenvalue weighted by Gasteiger charge is -2.36. The van der Waals surface area contributed by atoms with Crippen molar-refractivity contribution in [2.24, 2.45) is 0 Å². The quantitative estimate of drug-likeness (QED) is 0.727. The Morgan fingerprint density at radius 1 is 1.08 bits per heavy atom. The number of hydrogen-bond donors (Lipinski definition) is 0. The monoisotopic (exact) mass is 340 g/mol. The van der Waals surface area contributed by atoms with E-state index >= 15 is 0 Å². The van der Waals surface area contributed by atoms with Gasteiger partial charge in [-0.1, -0.05) is 23.7 Å². The highest BCUT2D eigenvalue weighted by Gasteiger charge is 2.19. The lowest BCUT2D eigenvalue weighted by Crippen LogP contribution is -2.46. The summed E-state index contributed by atoms with van der Waals surface area (Å²) in [7, 11) is 0. The zero-order chi connectivity index (χ0) is 16.5. The number of rotatable bonds is 3. The molecule has 0 aliphatic carbocycles. The molecule has 0 spiro atoms. The second-order valence-corrected chi connectivity index (χ2v) is 6.83. The molecule has 0 saturated carbocycles. The van der Waals surface area contributed by atoms with Crippen LogP contribution in [0.15, 0.2) is 48.8 Å². The first-order chi connectivity index (χ1) is 11.7. The minimum atomic E-state index is 0.808. The van der Waals surface area contributed by atoms with E-state index in [2.05, 4.69) is 39.5 Å². The van der Waals surface area contributed by atoms with Crippen LogP contribution in [0.5, 0.6) is 0 Å². The lowest BCUT2D eigenvalue weighted by molar-refractivity contribution is 0.247. The number of pyridine rings is 1. The van der Waals surface area contributed by atoms with Crippen LogP contribution in [0.25, 0.3) is 5.65 Å². The molecule has 4 nitrogen and oxygen atoms in total. The van der Waals surface area contributed by atoms with Crippen LogP contribution in [0.4, 0.5) is 5.69 Å². The predicted octanol–water partition coefficient (Wildman–Crippen LogP) is 3.62. The van der Waals surface area contributed by atoms with Crippen molar-refractivity contribution < 1.29 is 0 Å². The number of halogens is 1. The second kappa shape index (κ2) is 6.46. The topological polar surface area (TPSA) is 23.8 Å². The molecule has 4 rings (SSSR count). The molecule has 0 N–H and O–H groups in total. The van der Waals surface area contributed by atoms with Crippen molar-refractivity contribution in [1.82, 2.24) is 14.3 Å². The molecule has 24 heavy (non-hydrogen) atoms. The van der Waals surface area contributed by atoms with Gasteiger partial charge in [0.15, 0.2) is 0 Å². The Labute approximate surface area is 147 Å². The van der Waals surface area contributed by atoms with Crippen LogP contribution in [0.2, 0.25) is 5.02 Å². The molecule has 3 aromatic rings. The third kappa shape index (κ3) is 3.12. The highest BCUT2D eigenvalue weighted by atomic mass is 35.5. The van der Waals surface area contributed by atoms with Crippen LogP contribution in [-0.4, -0.2) is 40.5 Å². The fourth-order valence-corrected chi connectivity index (χ4v) is 3.53. The SMILES string of the molecule is Cc1ccc(Cl)cc1N1CCN(Cc2cn3ccccc3n2)CC1. The van der Waals surface area contributed by atoms with Crippen LogP contribution in [-0.2, 0) is 6.54 Å². The number of aromatic nitrogens is 2. The Hall–Kier alpha value is -2.04. The first-order valence-electron chi connectivity index (χ1n) is 8.35. The molecule has 0 radical (unpaired) electrons. The van der Waals surface area contributed by atoms with Gasteiger partial charge in [0.2, 0.25) is 0 Å². The average Bonchev–Trinajstić information content (AvgIpc) is 3.00. The second-order valence-electron chi connectivity index (χ2n) is 6.39. The maximum absolute atomic E-state index is 6.16. The highest BCUT2D eigenvalue weighted by Crippen LogP contribution is 2.25. The Kier molecular flexibility index (Phi) is 4.17. The van der Waals surface area contributed by atoms with Gasteiger partial charge >= 0.3 is 0 Å². The van der Waals surface area contributed by atoms with Crippen molar-refractivity contribution in [3.05, 3.63) is 65.1 Å². The van der Waals surface area contributed by atoms with E-state index in [-0.39, 0.29) is 0 Å². The van der Waals surface area contributed by atoms with Crippen LogP contribution < -0.4 is 4.90 Å². The predicted molar refractivity (Wildman–Crippen MR) is 98.9 cm³/mol. The van der Waals surface area contributed by atoms with E-state index < -0.39 is 0 Å². The minimum Gasteiger partial charge on any atom is -0.369 e. The Morgan fingerprint density at radius 2 is 1.92 bits per heavy atom. The summed E-state index contributed by atoms with van der Waals surface area (Å²) in [6.45, 7) is 7.18. The van der Waals surface area contributed by atoms with Gasteiger partial charge in [-0.2, -0.15) is 0 Å². The van der Waals surface area contributed by atoms with E-state index in [0.717, 1.165) is 49.1 Å². The maximum Gasteiger partial charge on any atom is 0.137 e. The highest BCUT2D eigenvalue weighted by molar-refractivity contribution is 6.30. The number of fused-ring (bicyclic) bond motifs is 1. The van der Waals surface area contributed by atoms with Crippen molar-refractivity contribution in [2.45, 2.75) is 13.5 Å². The summed E-state index contributed by atoms with van der Waals surface area (Å²) in [4.78, 5) is 9.60. The summed E-state index contributed by atoms with van der Waals surface area (Å²) in [5, 5.41) is 0.808. The average molecular weight is 341 g/mol. The fraction of sp³-hybridized carbons (Fsp3) is 0.316. The molecule has 0 amide bonds. The van der Waals surface area contributed by atoms with Crippen molar-refractivity contribution in [2.75, 3.05) is 31.1 Å². The number of benzene rings is 1. The zero-order valence-corrected chi connectivity index (χ0v) is 14.6. The molecule has 0 bridgehead atoms. The summed E-state index contributed by atoms with van der Waals surface area (Å²) in [5.41, 5.74) is 4.69. The summed E-state index contributed by atoms with van der Waals surface area (Å²) in [6.07, 6.45) is 4.18. The van der Waals surface area contributed by atoms with Gasteiger partial charge in [-0.15, -0.1) is 0 Å². The standard InChI is InChI=1S/C19H21ClN4/c1-15-5-6-16(20)12-18(15)23-10-8-22(9-11-23)13-17-14-24-7-3-2-4-19(24)21-17/h2-7,12,14H,8-11,13H2,1H3. The molecule has 1 fully saturated rings. The van der Waals surface area contributed by atoms with Gasteiger partial charge in [-0.05, 0) is 36.8 Å². The molecule has 0 unspecified atom stereocenters. The third-order valence-electron chi connectivity index (χ3n) is 4.68. The third-order valence-corrected chi connectivity index (χ3v) is 4.92. The normalized spacial score (nSPS) is 16.0. The van der Waals surface area contributed by atoms with E-state index in [9.17, 15) is 0 Å². The van der Waals surface area contributed by atoms with E-state index in [1.54, 1.807) is 0 Å². The Bertz CT molecular complexity index is 816. The fourth-order valence-electron chi connectivity index (χ4n) is 3.36. The molecule has 2 aromatic heterocycles. The van der Waals surface area contributed by atoms with Gasteiger partial charge in [0, 0.05) is 55.8 Å². The van der Waals surface area contributed by atoms with E-state index in [1.807, 2.05) is 30.5 Å². The Morgan fingerprint density at radius 3 is 2.71 bits per heavy atom. The first-order valence-corrected chi connectivity index (χ1v) is 8.73. The smallest absolute Gasteiger partial charge is 0.137 e. The molecule has 124 valence electrons. The Balaban J connectivity index is 1.41. The van der Waals surface area contributed by atoms with Gasteiger partial charge in [0.05, 0.1) is 5.69 Å². The number of imidazole rings is 1. The maximum atomic E-state index is 6.16. The van der Waals surface area contributed by atoms with Gasteiger partial charge in [0.1, 0.15) is 5.65 Å². The molecule has 0 atom stereocenters. The van der Waals surface area contributed by atoms with Crippen molar-refractivity contribution in [3.63, 3.8) is 0 Å². The van der Waals surface area contributed by atoms with Gasteiger partial charge in [-0.3, -0.25) is 4.90 Å². The molecule has 1 aliphatic rings. The number of anilines is 1. The first kappa shape index (κ1) is 15.5. The van der Waals surface area contributed by atoms with Crippen molar-refractivity contribution in [1.29, 1.82) is 0 Å².